The summed E-state index contributed by atoms with van der Waals surface area (Å²) in [4.78, 5) is 25.4. The number of rotatable bonds is 3. The molecule has 0 aromatic rings. The number of carbonyl (C=O) groups is 2. The molecule has 2 aliphatic carbocycles. The Hall–Kier alpha value is -2.04. The summed E-state index contributed by atoms with van der Waals surface area (Å²) in [5.41, 5.74) is 0.452. The third-order valence-electron chi connectivity index (χ3n) is 5.04. The summed E-state index contributed by atoms with van der Waals surface area (Å²) >= 11 is 0. The van der Waals surface area contributed by atoms with Crippen LogP contribution in [0.3, 0.4) is 0 Å². The van der Waals surface area contributed by atoms with E-state index in [9.17, 15) is 14.7 Å². The maximum Gasteiger partial charge on any atom is 0.411 e. The van der Waals surface area contributed by atoms with Gasteiger partial charge in [0.25, 0.3) is 0 Å². The normalized spacial score (nSPS) is 27.8. The van der Waals surface area contributed by atoms with Gasteiger partial charge in [0.15, 0.2) is 6.04 Å². The van der Waals surface area contributed by atoms with Crippen molar-refractivity contribution in [3.8, 4) is 0 Å². The lowest BCUT2D eigenvalue weighted by Crippen LogP contribution is -2.44. The second kappa shape index (κ2) is 5.80. The van der Waals surface area contributed by atoms with Gasteiger partial charge in [-0.3, -0.25) is 4.90 Å². The van der Waals surface area contributed by atoms with E-state index in [4.69, 9.17) is 4.74 Å². The lowest BCUT2D eigenvalue weighted by molar-refractivity contribution is -0.140. The Balaban J connectivity index is 1.80. The molecular weight excluding hydrogens is 306 g/mol. The number of carbonyl (C=O) groups excluding carboxylic acids is 1. The van der Waals surface area contributed by atoms with Crippen LogP contribution in [0.2, 0.25) is 0 Å². The Labute approximate surface area is 142 Å². The summed E-state index contributed by atoms with van der Waals surface area (Å²) in [5.74, 6) is -0.618. The van der Waals surface area contributed by atoms with Gasteiger partial charge >= 0.3 is 12.1 Å². The summed E-state index contributed by atoms with van der Waals surface area (Å²) < 4.78 is 5.39. The first kappa shape index (κ1) is 16.8. The zero-order chi connectivity index (χ0) is 17.5. The van der Waals surface area contributed by atoms with Gasteiger partial charge in [0, 0.05) is 6.54 Å². The highest BCUT2D eigenvalue weighted by atomic mass is 16.6. The number of hydrogen-bond acceptors (Lipinski definition) is 3. The van der Waals surface area contributed by atoms with Crippen LogP contribution < -0.4 is 0 Å². The van der Waals surface area contributed by atoms with Crippen LogP contribution in [0.1, 0.15) is 40.0 Å². The van der Waals surface area contributed by atoms with Gasteiger partial charge < -0.3 is 9.84 Å². The Bertz CT molecular complexity index is 634. The molecule has 5 nitrogen and oxygen atoms in total. The van der Waals surface area contributed by atoms with Crippen molar-refractivity contribution in [1.29, 1.82) is 0 Å². The maximum absolute atomic E-state index is 12.4. The van der Waals surface area contributed by atoms with Crippen LogP contribution in [-0.4, -0.2) is 40.3 Å². The Morgan fingerprint density at radius 1 is 1.29 bits per heavy atom. The number of carboxylic acids is 1. The molecule has 1 aliphatic heterocycles. The molecule has 0 radical (unpaired) electrons. The van der Waals surface area contributed by atoms with Crippen molar-refractivity contribution in [1.82, 2.24) is 4.90 Å². The minimum atomic E-state index is -1.01. The monoisotopic (exact) mass is 331 g/mol. The van der Waals surface area contributed by atoms with Crippen LogP contribution in [0.25, 0.3) is 0 Å². The fourth-order valence-corrected chi connectivity index (χ4v) is 3.70. The highest BCUT2D eigenvalue weighted by Crippen LogP contribution is 2.60. The highest BCUT2D eigenvalue weighted by Gasteiger charge is 2.54. The van der Waals surface area contributed by atoms with Crippen LogP contribution in [0.4, 0.5) is 4.79 Å². The molecule has 3 rings (SSSR count). The van der Waals surface area contributed by atoms with Gasteiger partial charge in [-0.15, -0.1) is 0 Å². The molecule has 0 spiro atoms. The molecule has 24 heavy (non-hydrogen) atoms. The zero-order valence-electron chi connectivity index (χ0n) is 14.5. The van der Waals surface area contributed by atoms with Gasteiger partial charge in [-0.25, -0.2) is 9.59 Å². The van der Waals surface area contributed by atoms with Gasteiger partial charge in [-0.2, -0.15) is 0 Å². The minimum absolute atomic E-state index is 0.0196. The summed E-state index contributed by atoms with van der Waals surface area (Å²) in [6, 6.07) is -0.935. The lowest BCUT2D eigenvalue weighted by atomic mass is 9.79. The third-order valence-corrected chi connectivity index (χ3v) is 5.04. The second-order valence-electron chi connectivity index (χ2n) is 7.89. The summed E-state index contributed by atoms with van der Waals surface area (Å²) in [7, 11) is 0. The maximum atomic E-state index is 12.4. The zero-order valence-corrected chi connectivity index (χ0v) is 14.5. The van der Waals surface area contributed by atoms with Gasteiger partial charge in [-0.1, -0.05) is 24.3 Å². The van der Waals surface area contributed by atoms with E-state index in [1.807, 2.05) is 6.08 Å². The van der Waals surface area contributed by atoms with Crippen molar-refractivity contribution < 1.29 is 19.4 Å². The number of ether oxygens (including phenoxy) is 1. The van der Waals surface area contributed by atoms with E-state index in [0.29, 0.717) is 12.5 Å². The van der Waals surface area contributed by atoms with Crippen LogP contribution >= 0.6 is 0 Å². The molecule has 1 fully saturated rings. The van der Waals surface area contributed by atoms with Crippen molar-refractivity contribution in [2.45, 2.75) is 51.7 Å². The molecule has 130 valence electrons. The van der Waals surface area contributed by atoms with Crippen LogP contribution in [0, 0.1) is 11.3 Å². The van der Waals surface area contributed by atoms with E-state index < -0.39 is 23.7 Å². The Morgan fingerprint density at radius 3 is 2.50 bits per heavy atom. The molecule has 0 aromatic heterocycles. The molecule has 5 heteroatoms. The van der Waals surface area contributed by atoms with E-state index >= 15 is 0 Å². The van der Waals surface area contributed by atoms with Gasteiger partial charge in [0.2, 0.25) is 0 Å². The number of allylic oxidation sites excluding steroid dienone is 4. The summed E-state index contributed by atoms with van der Waals surface area (Å²) in [6.07, 6.45) is 12.7. The van der Waals surface area contributed by atoms with Crippen molar-refractivity contribution in [2.75, 3.05) is 6.54 Å². The standard InChI is InChI=1S/C19H25NO4/c1-18(2,3)24-17(23)20-12-14(11-15(20)16(21)22)19(9-10-19)13-7-5-4-6-8-13/h4-7,11,13,15H,8-10,12H2,1-3H3,(H,21,22)/t13?,15-/m1/s1. The number of amides is 1. The van der Waals surface area contributed by atoms with Crippen molar-refractivity contribution in [3.63, 3.8) is 0 Å². The van der Waals surface area contributed by atoms with Crippen LogP contribution in [0.15, 0.2) is 36.0 Å². The second-order valence-corrected chi connectivity index (χ2v) is 7.89. The molecule has 2 atom stereocenters. The lowest BCUT2D eigenvalue weighted by Gasteiger charge is -2.29. The van der Waals surface area contributed by atoms with Crippen LogP contribution in [0.5, 0.6) is 0 Å². The average Bonchev–Trinajstić information content (AvgIpc) is 3.18. The predicted molar refractivity (Wildman–Crippen MR) is 90.5 cm³/mol. The molecule has 1 unspecified atom stereocenters. The fraction of sp³-hybridized carbons (Fsp3) is 0.579. The van der Waals surface area contributed by atoms with E-state index in [0.717, 1.165) is 24.8 Å². The number of nitrogens with zero attached hydrogens (tertiary/aromatic N) is 1. The van der Waals surface area contributed by atoms with E-state index in [-0.39, 0.29) is 5.41 Å². The van der Waals surface area contributed by atoms with Crippen LogP contribution in [-0.2, 0) is 9.53 Å². The number of aliphatic carboxylic acids is 1. The minimum Gasteiger partial charge on any atom is -0.479 e. The van der Waals surface area contributed by atoms with Gasteiger partial charge in [-0.05, 0) is 63.0 Å². The average molecular weight is 331 g/mol. The topological polar surface area (TPSA) is 66.8 Å². The van der Waals surface area contributed by atoms with Crippen molar-refractivity contribution in [3.05, 3.63) is 36.0 Å². The van der Waals surface area contributed by atoms with Crippen molar-refractivity contribution >= 4 is 12.1 Å². The highest BCUT2D eigenvalue weighted by molar-refractivity contribution is 5.84. The summed E-state index contributed by atoms with van der Waals surface area (Å²) in [5, 5.41) is 9.53. The quantitative estimate of drug-likeness (QED) is 0.803. The first-order valence-corrected chi connectivity index (χ1v) is 8.50. The van der Waals surface area contributed by atoms with E-state index in [1.165, 1.54) is 4.90 Å². The van der Waals surface area contributed by atoms with E-state index in [1.54, 1.807) is 26.8 Å². The van der Waals surface area contributed by atoms with Gasteiger partial charge in [0.05, 0.1) is 0 Å². The number of hydrogen-bond donors (Lipinski definition) is 1. The molecule has 0 saturated heterocycles. The molecule has 1 amide bonds. The molecule has 1 saturated carbocycles. The first-order valence-electron chi connectivity index (χ1n) is 8.50. The molecule has 1 N–H and O–H groups in total. The SMILES string of the molecule is CC(C)(C)OC(=O)N1CC(C2(C3C=CC=CC3)CC2)=C[C@@H]1C(=O)O. The Morgan fingerprint density at radius 2 is 2.00 bits per heavy atom. The van der Waals surface area contributed by atoms with Crippen molar-refractivity contribution in [2.24, 2.45) is 11.3 Å². The molecule has 3 aliphatic rings. The predicted octanol–water partition coefficient (Wildman–Crippen LogP) is 3.53. The third kappa shape index (κ3) is 3.12. The Kier molecular flexibility index (Phi) is 4.06. The van der Waals surface area contributed by atoms with E-state index in [2.05, 4.69) is 18.2 Å². The molecule has 0 bridgehead atoms. The fourth-order valence-electron chi connectivity index (χ4n) is 3.70. The van der Waals surface area contributed by atoms with Gasteiger partial charge in [0.1, 0.15) is 5.60 Å². The smallest absolute Gasteiger partial charge is 0.411 e. The molecule has 1 heterocycles. The molecule has 0 aromatic carbocycles. The summed E-state index contributed by atoms with van der Waals surface area (Å²) in [6.45, 7) is 5.70. The first-order chi connectivity index (χ1) is 11.2. The molecular formula is C19H25NO4. The largest absolute Gasteiger partial charge is 0.479 e. The number of carboxylic acid groups (broad SMARTS) is 1.